The van der Waals surface area contributed by atoms with Crippen molar-refractivity contribution in [2.75, 3.05) is 5.32 Å². The first-order valence-corrected chi connectivity index (χ1v) is 6.69. The predicted octanol–water partition coefficient (Wildman–Crippen LogP) is 4.63. The SMILES string of the molecule is CC(Cc1ccc(F)cc1)Nc1ccc(Br)cc1. The smallest absolute Gasteiger partial charge is 0.123 e. The molecule has 0 aliphatic rings. The third kappa shape index (κ3) is 3.84. The van der Waals surface area contributed by atoms with E-state index in [1.165, 1.54) is 12.1 Å². The summed E-state index contributed by atoms with van der Waals surface area (Å²) in [4.78, 5) is 0. The fourth-order valence-electron chi connectivity index (χ4n) is 1.86. The van der Waals surface area contributed by atoms with E-state index in [0.29, 0.717) is 6.04 Å². The number of nitrogens with one attached hydrogen (secondary N) is 1. The Morgan fingerprint density at radius 3 is 2.28 bits per heavy atom. The van der Waals surface area contributed by atoms with Crippen LogP contribution in [0.1, 0.15) is 12.5 Å². The Morgan fingerprint density at radius 1 is 1.06 bits per heavy atom. The summed E-state index contributed by atoms with van der Waals surface area (Å²) in [7, 11) is 0. The highest BCUT2D eigenvalue weighted by Crippen LogP contribution is 2.16. The predicted molar refractivity (Wildman–Crippen MR) is 77.3 cm³/mol. The number of anilines is 1. The minimum atomic E-state index is -0.188. The van der Waals surface area contributed by atoms with E-state index in [1.54, 1.807) is 0 Å². The minimum absolute atomic E-state index is 0.188. The quantitative estimate of drug-likeness (QED) is 0.868. The van der Waals surface area contributed by atoms with Gasteiger partial charge in [0, 0.05) is 16.2 Å². The first-order valence-electron chi connectivity index (χ1n) is 5.90. The highest BCUT2D eigenvalue weighted by atomic mass is 79.9. The largest absolute Gasteiger partial charge is 0.382 e. The summed E-state index contributed by atoms with van der Waals surface area (Å²) >= 11 is 3.41. The Bertz CT molecular complexity index is 445. The van der Waals surface area contributed by atoms with Crippen LogP contribution in [-0.2, 0) is 6.42 Å². The summed E-state index contributed by atoms with van der Waals surface area (Å²) < 4.78 is 13.9. The zero-order valence-corrected chi connectivity index (χ0v) is 11.7. The molecule has 94 valence electrons. The van der Waals surface area contributed by atoms with Crippen LogP contribution in [0.2, 0.25) is 0 Å². The molecule has 3 heteroatoms. The number of hydrogen-bond acceptors (Lipinski definition) is 1. The van der Waals surface area contributed by atoms with Crippen LogP contribution < -0.4 is 5.32 Å². The van der Waals surface area contributed by atoms with Crippen molar-refractivity contribution in [3.8, 4) is 0 Å². The molecule has 2 aromatic rings. The van der Waals surface area contributed by atoms with Gasteiger partial charge < -0.3 is 5.32 Å². The zero-order chi connectivity index (χ0) is 13.0. The lowest BCUT2D eigenvalue weighted by Gasteiger charge is -2.15. The van der Waals surface area contributed by atoms with Gasteiger partial charge in [0.25, 0.3) is 0 Å². The van der Waals surface area contributed by atoms with E-state index in [1.807, 2.05) is 36.4 Å². The van der Waals surface area contributed by atoms with Crippen molar-refractivity contribution in [2.24, 2.45) is 0 Å². The van der Waals surface area contributed by atoms with E-state index in [0.717, 1.165) is 22.1 Å². The van der Waals surface area contributed by atoms with E-state index in [2.05, 4.69) is 28.2 Å². The first kappa shape index (κ1) is 13.1. The Labute approximate surface area is 115 Å². The van der Waals surface area contributed by atoms with Crippen molar-refractivity contribution in [1.29, 1.82) is 0 Å². The van der Waals surface area contributed by atoms with Gasteiger partial charge in [-0.05, 0) is 55.3 Å². The second-order valence-corrected chi connectivity index (χ2v) is 5.30. The molecule has 18 heavy (non-hydrogen) atoms. The Morgan fingerprint density at radius 2 is 1.67 bits per heavy atom. The van der Waals surface area contributed by atoms with Crippen molar-refractivity contribution < 1.29 is 4.39 Å². The molecular formula is C15H15BrFN. The lowest BCUT2D eigenvalue weighted by atomic mass is 10.1. The fourth-order valence-corrected chi connectivity index (χ4v) is 2.12. The number of benzene rings is 2. The molecule has 2 rings (SSSR count). The average Bonchev–Trinajstić information content (AvgIpc) is 2.35. The molecule has 0 heterocycles. The molecule has 1 atom stereocenters. The van der Waals surface area contributed by atoms with Crippen LogP contribution in [0.5, 0.6) is 0 Å². The van der Waals surface area contributed by atoms with Gasteiger partial charge >= 0.3 is 0 Å². The van der Waals surface area contributed by atoms with Gasteiger partial charge in [0.15, 0.2) is 0 Å². The molecule has 1 N–H and O–H groups in total. The molecular weight excluding hydrogens is 293 g/mol. The molecule has 0 bridgehead atoms. The second-order valence-electron chi connectivity index (χ2n) is 4.38. The van der Waals surface area contributed by atoms with Crippen molar-refractivity contribution in [3.05, 3.63) is 64.4 Å². The molecule has 0 saturated carbocycles. The maximum absolute atomic E-state index is 12.8. The first-order chi connectivity index (χ1) is 8.63. The lowest BCUT2D eigenvalue weighted by molar-refractivity contribution is 0.626. The van der Waals surface area contributed by atoms with Crippen molar-refractivity contribution >= 4 is 21.6 Å². The van der Waals surface area contributed by atoms with Crippen LogP contribution in [-0.4, -0.2) is 6.04 Å². The molecule has 2 aromatic carbocycles. The van der Waals surface area contributed by atoms with Crippen molar-refractivity contribution in [1.82, 2.24) is 0 Å². The molecule has 0 spiro atoms. The van der Waals surface area contributed by atoms with Gasteiger partial charge in [0.05, 0.1) is 0 Å². The Kier molecular flexibility index (Phi) is 4.37. The third-order valence-corrected chi connectivity index (χ3v) is 3.24. The van der Waals surface area contributed by atoms with Gasteiger partial charge in [-0.25, -0.2) is 4.39 Å². The van der Waals surface area contributed by atoms with Crippen LogP contribution >= 0.6 is 15.9 Å². The summed E-state index contributed by atoms with van der Waals surface area (Å²) in [5.74, 6) is -0.188. The highest BCUT2D eigenvalue weighted by molar-refractivity contribution is 9.10. The lowest BCUT2D eigenvalue weighted by Crippen LogP contribution is -2.17. The normalized spacial score (nSPS) is 12.2. The van der Waals surface area contributed by atoms with E-state index >= 15 is 0 Å². The average molecular weight is 308 g/mol. The molecule has 1 unspecified atom stereocenters. The van der Waals surface area contributed by atoms with Crippen molar-refractivity contribution in [2.45, 2.75) is 19.4 Å². The van der Waals surface area contributed by atoms with Crippen LogP contribution in [0.25, 0.3) is 0 Å². The number of hydrogen-bond donors (Lipinski definition) is 1. The topological polar surface area (TPSA) is 12.0 Å². The zero-order valence-electron chi connectivity index (χ0n) is 10.2. The van der Waals surface area contributed by atoms with E-state index < -0.39 is 0 Å². The maximum atomic E-state index is 12.8. The van der Waals surface area contributed by atoms with Gasteiger partial charge in [-0.2, -0.15) is 0 Å². The van der Waals surface area contributed by atoms with Crippen molar-refractivity contribution in [3.63, 3.8) is 0 Å². The molecule has 0 aliphatic carbocycles. The van der Waals surface area contributed by atoms with E-state index in [4.69, 9.17) is 0 Å². The van der Waals surface area contributed by atoms with Gasteiger partial charge in [0.2, 0.25) is 0 Å². The minimum Gasteiger partial charge on any atom is -0.382 e. The summed E-state index contributed by atoms with van der Waals surface area (Å²) in [5.41, 5.74) is 2.22. The molecule has 0 aliphatic heterocycles. The highest BCUT2D eigenvalue weighted by Gasteiger charge is 2.03. The number of halogens is 2. The van der Waals surface area contributed by atoms with Gasteiger partial charge in [0.1, 0.15) is 5.82 Å². The van der Waals surface area contributed by atoms with Gasteiger partial charge in [-0.3, -0.25) is 0 Å². The second kappa shape index (κ2) is 6.01. The Balaban J connectivity index is 1.94. The molecule has 0 saturated heterocycles. The van der Waals surface area contributed by atoms with Crippen LogP contribution in [0.15, 0.2) is 53.0 Å². The summed E-state index contributed by atoms with van der Waals surface area (Å²) in [6, 6.07) is 15.0. The summed E-state index contributed by atoms with van der Waals surface area (Å²) in [6.07, 6.45) is 0.871. The van der Waals surface area contributed by atoms with Gasteiger partial charge in [-0.1, -0.05) is 28.1 Å². The molecule has 1 nitrogen and oxygen atoms in total. The third-order valence-electron chi connectivity index (χ3n) is 2.71. The van der Waals surface area contributed by atoms with E-state index in [-0.39, 0.29) is 5.82 Å². The maximum Gasteiger partial charge on any atom is 0.123 e. The van der Waals surface area contributed by atoms with Gasteiger partial charge in [-0.15, -0.1) is 0 Å². The van der Waals surface area contributed by atoms with Crippen LogP contribution in [0, 0.1) is 5.82 Å². The molecule has 0 fully saturated rings. The standard InChI is InChI=1S/C15H15BrFN/c1-11(10-12-2-6-14(17)7-3-12)18-15-8-4-13(16)5-9-15/h2-9,11,18H,10H2,1H3. The molecule has 0 aromatic heterocycles. The fraction of sp³-hybridized carbons (Fsp3) is 0.200. The number of rotatable bonds is 4. The van der Waals surface area contributed by atoms with Crippen LogP contribution in [0.3, 0.4) is 0 Å². The molecule has 0 amide bonds. The summed E-state index contributed by atoms with van der Waals surface area (Å²) in [6.45, 7) is 2.12. The summed E-state index contributed by atoms with van der Waals surface area (Å²) in [5, 5.41) is 3.42. The molecule has 0 radical (unpaired) electrons. The Hall–Kier alpha value is -1.35. The van der Waals surface area contributed by atoms with E-state index in [9.17, 15) is 4.39 Å². The van der Waals surface area contributed by atoms with Crippen LogP contribution in [0.4, 0.5) is 10.1 Å². The monoisotopic (exact) mass is 307 g/mol.